The lowest BCUT2D eigenvalue weighted by Crippen LogP contribution is -2.42. The third kappa shape index (κ3) is 4.65. The van der Waals surface area contributed by atoms with Crippen LogP contribution >= 0.6 is 22.9 Å². The van der Waals surface area contributed by atoms with Crippen LogP contribution < -0.4 is 5.32 Å². The number of aliphatic carboxylic acids is 1. The smallest absolute Gasteiger partial charge is 0.323 e. The van der Waals surface area contributed by atoms with Gasteiger partial charge >= 0.3 is 12.0 Å². The molecule has 0 saturated carbocycles. The summed E-state index contributed by atoms with van der Waals surface area (Å²) in [4.78, 5) is 24.2. The summed E-state index contributed by atoms with van der Waals surface area (Å²) in [5.41, 5.74) is 0. The number of halogens is 1. The number of nitrogens with one attached hydrogen (secondary N) is 1. The van der Waals surface area contributed by atoms with Crippen molar-refractivity contribution in [3.8, 4) is 12.3 Å². The van der Waals surface area contributed by atoms with Gasteiger partial charge in [0.1, 0.15) is 6.54 Å². The number of urea groups is 1. The molecule has 0 aliphatic heterocycles. The normalized spacial score (nSPS) is 9.56. The fourth-order valence-corrected chi connectivity index (χ4v) is 2.22. The number of carbonyl (C=O) groups excluding carboxylic acids is 1. The Kier molecular flexibility index (Phi) is 5.49. The van der Waals surface area contributed by atoms with E-state index in [2.05, 4.69) is 11.2 Å². The Morgan fingerprint density at radius 3 is 2.78 bits per heavy atom. The number of thiophene rings is 1. The van der Waals surface area contributed by atoms with E-state index < -0.39 is 18.5 Å². The highest BCUT2D eigenvalue weighted by molar-refractivity contribution is 7.16. The van der Waals surface area contributed by atoms with Gasteiger partial charge < -0.3 is 15.3 Å². The number of terminal acetylenes is 1. The molecule has 2 N–H and O–H groups in total. The van der Waals surface area contributed by atoms with Crippen LogP contribution in [0.1, 0.15) is 4.88 Å². The lowest BCUT2D eigenvalue weighted by atomic mass is 10.4. The molecule has 0 aromatic carbocycles. The molecule has 1 heterocycles. The van der Waals surface area contributed by atoms with Crippen LogP contribution in [0.25, 0.3) is 0 Å². The second-order valence-corrected chi connectivity index (χ2v) is 5.12. The third-order valence-electron chi connectivity index (χ3n) is 1.94. The van der Waals surface area contributed by atoms with E-state index in [-0.39, 0.29) is 13.1 Å². The zero-order chi connectivity index (χ0) is 13.5. The maximum Gasteiger partial charge on any atom is 0.323 e. The van der Waals surface area contributed by atoms with Crippen molar-refractivity contribution >= 4 is 34.9 Å². The summed E-state index contributed by atoms with van der Waals surface area (Å²) in [7, 11) is 0. The van der Waals surface area contributed by atoms with Gasteiger partial charge in [-0.25, -0.2) is 4.79 Å². The van der Waals surface area contributed by atoms with Gasteiger partial charge in [-0.3, -0.25) is 4.79 Å². The molecule has 0 aliphatic rings. The standard InChI is InChI=1S/C11H11ClN2O3S/c1-2-5-14(7-10(15)16)11(17)13-6-8-3-4-9(12)18-8/h1,3-4H,5-7H2,(H,13,17)(H,15,16). The van der Waals surface area contributed by atoms with Crippen LogP contribution in [0.5, 0.6) is 0 Å². The summed E-state index contributed by atoms with van der Waals surface area (Å²) in [5, 5.41) is 11.2. The van der Waals surface area contributed by atoms with Crippen molar-refractivity contribution in [3.63, 3.8) is 0 Å². The summed E-state index contributed by atoms with van der Waals surface area (Å²) < 4.78 is 0.630. The molecule has 18 heavy (non-hydrogen) atoms. The van der Waals surface area contributed by atoms with E-state index in [4.69, 9.17) is 23.1 Å². The van der Waals surface area contributed by atoms with Crippen molar-refractivity contribution in [2.45, 2.75) is 6.54 Å². The van der Waals surface area contributed by atoms with Crippen LogP contribution in [0.4, 0.5) is 4.79 Å². The number of rotatable bonds is 5. The van der Waals surface area contributed by atoms with Gasteiger partial charge in [0.25, 0.3) is 0 Å². The number of hydrogen-bond donors (Lipinski definition) is 2. The summed E-state index contributed by atoms with van der Waals surface area (Å²) in [6.45, 7) is -0.193. The number of carboxylic acids is 1. The molecule has 1 aromatic rings. The van der Waals surface area contributed by atoms with Gasteiger partial charge in [-0.15, -0.1) is 17.8 Å². The largest absolute Gasteiger partial charge is 0.480 e. The maximum absolute atomic E-state index is 11.7. The average molecular weight is 287 g/mol. The van der Waals surface area contributed by atoms with Crippen molar-refractivity contribution in [1.29, 1.82) is 0 Å². The minimum atomic E-state index is -1.11. The molecule has 0 aliphatic carbocycles. The fraction of sp³-hybridized carbons (Fsp3) is 0.273. The Bertz CT molecular complexity index is 481. The molecule has 0 unspecified atom stereocenters. The predicted octanol–water partition coefficient (Wildman–Crippen LogP) is 1.63. The number of nitrogens with zero attached hydrogens (tertiary/aromatic N) is 1. The van der Waals surface area contributed by atoms with E-state index in [0.717, 1.165) is 9.78 Å². The molecule has 1 aromatic heterocycles. The van der Waals surface area contributed by atoms with Gasteiger partial charge in [-0.05, 0) is 12.1 Å². The van der Waals surface area contributed by atoms with Crippen molar-refractivity contribution in [2.75, 3.05) is 13.1 Å². The SMILES string of the molecule is C#CCN(CC(=O)O)C(=O)NCc1ccc(Cl)s1. The van der Waals surface area contributed by atoms with Crippen molar-refractivity contribution in [3.05, 3.63) is 21.3 Å². The minimum absolute atomic E-state index is 0.0523. The molecular weight excluding hydrogens is 276 g/mol. The topological polar surface area (TPSA) is 69.6 Å². The molecule has 0 spiro atoms. The van der Waals surface area contributed by atoms with Gasteiger partial charge in [0, 0.05) is 4.88 Å². The zero-order valence-electron chi connectivity index (χ0n) is 9.35. The lowest BCUT2D eigenvalue weighted by molar-refractivity contribution is -0.137. The van der Waals surface area contributed by atoms with Crippen LogP contribution in [0.2, 0.25) is 4.34 Å². The number of carboxylic acid groups (broad SMARTS) is 1. The van der Waals surface area contributed by atoms with Gasteiger partial charge in [0.05, 0.1) is 17.4 Å². The van der Waals surface area contributed by atoms with Gasteiger partial charge in [0.2, 0.25) is 0 Å². The van der Waals surface area contributed by atoms with E-state index in [1.54, 1.807) is 12.1 Å². The van der Waals surface area contributed by atoms with Gasteiger partial charge in [-0.1, -0.05) is 17.5 Å². The van der Waals surface area contributed by atoms with E-state index in [1.165, 1.54) is 11.3 Å². The highest BCUT2D eigenvalue weighted by Gasteiger charge is 2.15. The molecule has 5 nitrogen and oxygen atoms in total. The Morgan fingerprint density at radius 1 is 1.56 bits per heavy atom. The Labute approximate surface area is 113 Å². The molecule has 96 valence electrons. The quantitative estimate of drug-likeness (QED) is 0.808. The number of carbonyl (C=O) groups is 2. The van der Waals surface area contributed by atoms with Crippen LogP contribution in [-0.2, 0) is 11.3 Å². The van der Waals surface area contributed by atoms with Gasteiger partial charge in [0.15, 0.2) is 0 Å². The molecule has 1 rings (SSSR count). The summed E-state index contributed by atoms with van der Waals surface area (Å²) in [5.74, 6) is 1.13. The van der Waals surface area contributed by atoms with E-state index in [1.807, 2.05) is 0 Å². The van der Waals surface area contributed by atoms with Crippen molar-refractivity contribution < 1.29 is 14.7 Å². The summed E-state index contributed by atoms with van der Waals surface area (Å²) in [6, 6.07) is 3.00. The summed E-state index contributed by atoms with van der Waals surface area (Å²) in [6.07, 6.45) is 5.07. The van der Waals surface area contributed by atoms with Crippen molar-refractivity contribution in [2.24, 2.45) is 0 Å². The highest BCUT2D eigenvalue weighted by atomic mass is 35.5. The van der Waals surface area contributed by atoms with Crippen molar-refractivity contribution in [1.82, 2.24) is 10.2 Å². The maximum atomic E-state index is 11.7. The van der Waals surface area contributed by atoms with E-state index in [0.29, 0.717) is 4.34 Å². The lowest BCUT2D eigenvalue weighted by Gasteiger charge is -2.18. The fourth-order valence-electron chi connectivity index (χ4n) is 1.19. The summed E-state index contributed by atoms with van der Waals surface area (Å²) >= 11 is 7.09. The Morgan fingerprint density at radius 2 is 2.28 bits per heavy atom. The van der Waals surface area contributed by atoms with Crippen LogP contribution in [0, 0.1) is 12.3 Å². The van der Waals surface area contributed by atoms with Crippen LogP contribution in [0.3, 0.4) is 0 Å². The van der Waals surface area contributed by atoms with Crippen LogP contribution in [0.15, 0.2) is 12.1 Å². The molecule has 7 heteroatoms. The van der Waals surface area contributed by atoms with Gasteiger partial charge in [-0.2, -0.15) is 0 Å². The zero-order valence-corrected chi connectivity index (χ0v) is 10.9. The first-order valence-electron chi connectivity index (χ1n) is 4.95. The monoisotopic (exact) mass is 286 g/mol. The van der Waals surface area contributed by atoms with Crippen LogP contribution in [-0.4, -0.2) is 35.1 Å². The highest BCUT2D eigenvalue weighted by Crippen LogP contribution is 2.20. The minimum Gasteiger partial charge on any atom is -0.480 e. The Balaban J connectivity index is 2.51. The number of amides is 2. The molecule has 0 radical (unpaired) electrons. The molecule has 0 bridgehead atoms. The molecular formula is C11H11ClN2O3S. The molecule has 0 saturated heterocycles. The number of hydrogen-bond acceptors (Lipinski definition) is 3. The first kappa shape index (κ1) is 14.4. The predicted molar refractivity (Wildman–Crippen MR) is 69.6 cm³/mol. The van der Waals surface area contributed by atoms with E-state index >= 15 is 0 Å². The Hall–Kier alpha value is -1.71. The first-order chi connectivity index (χ1) is 8.52. The molecule has 0 fully saturated rings. The van der Waals surface area contributed by atoms with E-state index in [9.17, 15) is 9.59 Å². The molecule has 0 atom stereocenters. The third-order valence-corrected chi connectivity index (χ3v) is 3.17. The molecule has 2 amide bonds. The second kappa shape index (κ2) is 6.89. The second-order valence-electron chi connectivity index (χ2n) is 3.32. The first-order valence-corrected chi connectivity index (χ1v) is 6.14. The average Bonchev–Trinajstić information content (AvgIpc) is 2.71.